The maximum atomic E-state index is 11.8. The molecule has 2 rings (SSSR count). The van der Waals surface area contributed by atoms with Gasteiger partial charge in [-0.1, -0.05) is 30.3 Å². The molecule has 0 radical (unpaired) electrons. The Kier molecular flexibility index (Phi) is 8.01. The molecule has 0 aliphatic heterocycles. The zero-order chi connectivity index (χ0) is 18.8. The summed E-state index contributed by atoms with van der Waals surface area (Å²) >= 11 is 1.65. The zero-order valence-corrected chi connectivity index (χ0v) is 15.4. The summed E-state index contributed by atoms with van der Waals surface area (Å²) in [6.45, 7) is 0.110. The van der Waals surface area contributed by atoms with Gasteiger partial charge in [0.2, 0.25) is 0 Å². The van der Waals surface area contributed by atoms with Crippen molar-refractivity contribution >= 4 is 23.8 Å². The van der Waals surface area contributed by atoms with Crippen molar-refractivity contribution in [2.45, 2.75) is 25.5 Å². The van der Waals surface area contributed by atoms with E-state index < -0.39 is 18.1 Å². The predicted molar refractivity (Wildman–Crippen MR) is 100 cm³/mol. The quantitative estimate of drug-likeness (QED) is 0.618. The number of carboxylic acids is 1. The minimum absolute atomic E-state index is 0.110. The molecule has 0 aliphatic carbocycles. The van der Waals surface area contributed by atoms with E-state index in [0.717, 1.165) is 23.4 Å². The van der Waals surface area contributed by atoms with Gasteiger partial charge in [-0.05, 0) is 36.0 Å². The number of amides is 1. The second-order valence-corrected chi connectivity index (χ2v) is 6.92. The first kappa shape index (κ1) is 19.8. The molecule has 2 aromatic rings. The maximum Gasteiger partial charge on any atom is 0.408 e. The van der Waals surface area contributed by atoms with Crippen molar-refractivity contribution in [2.75, 3.05) is 11.5 Å². The Hall–Kier alpha value is -2.48. The van der Waals surface area contributed by atoms with Crippen LogP contribution in [0.25, 0.3) is 0 Å². The molecule has 1 aromatic carbocycles. The van der Waals surface area contributed by atoms with E-state index in [0.29, 0.717) is 12.2 Å². The number of rotatable bonds is 10. The van der Waals surface area contributed by atoms with E-state index in [1.807, 2.05) is 48.1 Å². The summed E-state index contributed by atoms with van der Waals surface area (Å²) < 4.78 is 6.89. The summed E-state index contributed by atoms with van der Waals surface area (Å²) in [6, 6.07) is 10.2. The standard InChI is InChI=1S/C18H23N3O4S/c1-21-15(7-10-19-21)8-11-26-12-9-16(17(22)23)20-18(24)25-13-14-5-3-2-4-6-14/h2-7,10,16H,8-9,11-13H2,1H3,(H,20,24)(H,22,23). The number of carbonyl (C=O) groups is 2. The van der Waals surface area contributed by atoms with Crippen LogP contribution in [-0.2, 0) is 29.6 Å². The Morgan fingerprint density at radius 1 is 1.27 bits per heavy atom. The highest BCUT2D eigenvalue weighted by Gasteiger charge is 2.20. The van der Waals surface area contributed by atoms with Gasteiger partial charge in [-0.25, -0.2) is 9.59 Å². The summed E-state index contributed by atoms with van der Waals surface area (Å²) in [5.41, 5.74) is 1.98. The van der Waals surface area contributed by atoms with Gasteiger partial charge in [-0.3, -0.25) is 4.68 Å². The SMILES string of the molecule is Cn1nccc1CCSCCC(NC(=O)OCc1ccccc1)C(=O)O. The molecule has 1 atom stereocenters. The fraction of sp³-hybridized carbons (Fsp3) is 0.389. The third-order valence-electron chi connectivity index (χ3n) is 3.78. The zero-order valence-electron chi connectivity index (χ0n) is 14.6. The molecule has 26 heavy (non-hydrogen) atoms. The lowest BCUT2D eigenvalue weighted by Gasteiger charge is -2.14. The normalized spacial score (nSPS) is 11.7. The number of aromatic nitrogens is 2. The van der Waals surface area contributed by atoms with E-state index >= 15 is 0 Å². The molecule has 7 nitrogen and oxygen atoms in total. The van der Waals surface area contributed by atoms with Crippen molar-refractivity contribution in [3.05, 3.63) is 53.9 Å². The maximum absolute atomic E-state index is 11.8. The van der Waals surface area contributed by atoms with Crippen molar-refractivity contribution in [3.8, 4) is 0 Å². The Morgan fingerprint density at radius 3 is 2.69 bits per heavy atom. The van der Waals surface area contributed by atoms with Crippen LogP contribution in [-0.4, -0.2) is 44.5 Å². The molecule has 2 N–H and O–H groups in total. The molecule has 0 saturated heterocycles. The van der Waals surface area contributed by atoms with Gasteiger partial charge in [0.05, 0.1) is 0 Å². The number of nitrogens with one attached hydrogen (secondary N) is 1. The fourth-order valence-corrected chi connectivity index (χ4v) is 3.25. The molecule has 8 heteroatoms. The number of carbonyl (C=O) groups excluding carboxylic acids is 1. The number of thioether (sulfide) groups is 1. The van der Waals surface area contributed by atoms with Crippen LogP contribution >= 0.6 is 11.8 Å². The first-order chi connectivity index (χ1) is 12.6. The van der Waals surface area contributed by atoms with E-state index in [2.05, 4.69) is 10.4 Å². The predicted octanol–water partition coefficient (Wildman–Crippen LogP) is 2.47. The van der Waals surface area contributed by atoms with Crippen molar-refractivity contribution < 1.29 is 19.4 Å². The second kappa shape index (κ2) is 10.5. The molecular weight excluding hydrogens is 354 g/mol. The van der Waals surface area contributed by atoms with Crippen molar-refractivity contribution in [3.63, 3.8) is 0 Å². The van der Waals surface area contributed by atoms with Crippen LogP contribution in [0.1, 0.15) is 17.7 Å². The fourth-order valence-electron chi connectivity index (χ4n) is 2.29. The lowest BCUT2D eigenvalue weighted by molar-refractivity contribution is -0.139. The molecule has 0 spiro atoms. The van der Waals surface area contributed by atoms with Gasteiger partial charge >= 0.3 is 12.1 Å². The smallest absolute Gasteiger partial charge is 0.408 e. The van der Waals surface area contributed by atoms with Crippen molar-refractivity contribution in [1.82, 2.24) is 15.1 Å². The van der Waals surface area contributed by atoms with Gasteiger partial charge in [0, 0.05) is 18.9 Å². The van der Waals surface area contributed by atoms with Crippen LogP contribution < -0.4 is 5.32 Å². The number of benzene rings is 1. The summed E-state index contributed by atoms with van der Waals surface area (Å²) in [5.74, 6) is 0.437. The third-order valence-corrected chi connectivity index (χ3v) is 4.80. The van der Waals surface area contributed by atoms with E-state index in [1.165, 1.54) is 0 Å². The topological polar surface area (TPSA) is 93.5 Å². The number of carboxylic acid groups (broad SMARTS) is 1. The van der Waals surface area contributed by atoms with E-state index in [9.17, 15) is 14.7 Å². The molecule has 1 aromatic heterocycles. The number of aryl methyl sites for hydroxylation is 2. The molecule has 1 amide bonds. The van der Waals surface area contributed by atoms with Crippen LogP contribution in [0.5, 0.6) is 0 Å². The van der Waals surface area contributed by atoms with E-state index in [-0.39, 0.29) is 6.61 Å². The van der Waals surface area contributed by atoms with Crippen LogP contribution in [0, 0.1) is 0 Å². The molecule has 0 saturated carbocycles. The minimum Gasteiger partial charge on any atom is -0.480 e. The van der Waals surface area contributed by atoms with Gasteiger partial charge in [0.15, 0.2) is 0 Å². The molecular formula is C18H23N3O4S. The Morgan fingerprint density at radius 2 is 2.04 bits per heavy atom. The average molecular weight is 377 g/mol. The highest BCUT2D eigenvalue weighted by atomic mass is 32.2. The average Bonchev–Trinajstić information content (AvgIpc) is 3.04. The molecule has 0 aliphatic rings. The minimum atomic E-state index is -1.06. The number of ether oxygens (including phenoxy) is 1. The Labute approximate surface area is 156 Å². The highest BCUT2D eigenvalue weighted by Crippen LogP contribution is 2.09. The summed E-state index contributed by atoms with van der Waals surface area (Å²) in [6.07, 6.45) is 2.24. The number of hydrogen-bond acceptors (Lipinski definition) is 5. The molecule has 1 heterocycles. The second-order valence-electron chi connectivity index (χ2n) is 5.69. The monoisotopic (exact) mass is 377 g/mol. The molecule has 0 fully saturated rings. The molecule has 0 bridgehead atoms. The summed E-state index contributed by atoms with van der Waals surface area (Å²) in [4.78, 5) is 23.1. The van der Waals surface area contributed by atoms with Gasteiger partial charge in [-0.2, -0.15) is 16.9 Å². The highest BCUT2D eigenvalue weighted by molar-refractivity contribution is 7.99. The lowest BCUT2D eigenvalue weighted by atomic mass is 10.2. The van der Waals surface area contributed by atoms with Gasteiger partial charge in [0.25, 0.3) is 0 Å². The lowest BCUT2D eigenvalue weighted by Crippen LogP contribution is -2.41. The van der Waals surface area contributed by atoms with E-state index in [4.69, 9.17) is 4.74 Å². The first-order valence-corrected chi connectivity index (χ1v) is 9.46. The van der Waals surface area contributed by atoms with Crippen LogP contribution in [0.15, 0.2) is 42.6 Å². The Bertz CT molecular complexity index is 705. The number of aliphatic carboxylic acids is 1. The van der Waals surface area contributed by atoms with Crippen LogP contribution in [0.2, 0.25) is 0 Å². The van der Waals surface area contributed by atoms with Crippen LogP contribution in [0.4, 0.5) is 4.79 Å². The summed E-state index contributed by atoms with van der Waals surface area (Å²) in [5, 5.41) is 15.8. The first-order valence-electron chi connectivity index (χ1n) is 8.31. The van der Waals surface area contributed by atoms with Gasteiger partial charge in [-0.15, -0.1) is 0 Å². The van der Waals surface area contributed by atoms with E-state index in [1.54, 1.807) is 18.0 Å². The van der Waals surface area contributed by atoms with Crippen molar-refractivity contribution in [2.24, 2.45) is 7.05 Å². The van der Waals surface area contributed by atoms with Crippen LogP contribution in [0.3, 0.4) is 0 Å². The Balaban J connectivity index is 1.66. The number of hydrogen-bond donors (Lipinski definition) is 2. The number of alkyl carbamates (subject to hydrolysis) is 1. The largest absolute Gasteiger partial charge is 0.480 e. The van der Waals surface area contributed by atoms with Crippen molar-refractivity contribution in [1.29, 1.82) is 0 Å². The van der Waals surface area contributed by atoms with Gasteiger partial charge in [0.1, 0.15) is 12.6 Å². The summed E-state index contributed by atoms with van der Waals surface area (Å²) in [7, 11) is 1.89. The number of nitrogens with zero attached hydrogens (tertiary/aromatic N) is 2. The molecule has 140 valence electrons. The van der Waals surface area contributed by atoms with Gasteiger partial charge < -0.3 is 15.2 Å². The molecule has 1 unspecified atom stereocenters. The third kappa shape index (κ3) is 6.79.